The molecular formula is C14H26O8Ti. The number of aliphatic hydroxyl groups is 2. The first-order chi connectivity index (χ1) is 10.2. The fourth-order valence-electron chi connectivity index (χ4n) is 1.24. The number of Topliss-reactive ketones (excluding diaryl/α,β-unsaturated/α-hetero) is 2. The maximum absolute atomic E-state index is 10.4. The fourth-order valence-corrected chi connectivity index (χ4v) is 1.24. The monoisotopic (exact) mass is 370 g/mol. The summed E-state index contributed by atoms with van der Waals surface area (Å²) < 4.78 is 0. The molecule has 134 valence electrons. The molecule has 23 heavy (non-hydrogen) atoms. The van der Waals surface area contributed by atoms with Gasteiger partial charge in [-0.25, -0.2) is 0 Å². The molecule has 0 spiro atoms. The summed E-state index contributed by atoms with van der Waals surface area (Å²) in [6.07, 6.45) is 0.634. The van der Waals surface area contributed by atoms with E-state index in [0.717, 1.165) is 14.2 Å². The summed E-state index contributed by atoms with van der Waals surface area (Å²) in [7, 11) is 2.00. The van der Waals surface area contributed by atoms with Gasteiger partial charge in [-0.15, -0.1) is 0 Å². The van der Waals surface area contributed by atoms with Crippen molar-refractivity contribution in [3.05, 3.63) is 0 Å². The Hall–Kier alpha value is -1.09. The summed E-state index contributed by atoms with van der Waals surface area (Å²) >= 11 is 0. The summed E-state index contributed by atoms with van der Waals surface area (Å²) in [5.41, 5.74) is 0. The van der Waals surface area contributed by atoms with E-state index < -0.39 is 23.8 Å². The molecular weight excluding hydrogens is 344 g/mol. The van der Waals surface area contributed by atoms with Crippen molar-refractivity contribution in [3.63, 3.8) is 0 Å². The van der Waals surface area contributed by atoms with Gasteiger partial charge in [0.15, 0.2) is 0 Å². The molecule has 0 aliphatic heterocycles. The first kappa shape index (κ1) is 33.5. The van der Waals surface area contributed by atoms with Gasteiger partial charge in [0, 0.05) is 14.2 Å². The number of carboxylic acid groups (broad SMARTS) is 2. The fraction of sp³-hybridized carbons (Fsp3) is 0.714. The third-order valence-electron chi connectivity index (χ3n) is 2.37. The van der Waals surface area contributed by atoms with Crippen LogP contribution >= 0.6 is 0 Å². The Kier molecular flexibility index (Phi) is 33.8. The smallest absolute Gasteiger partial charge is 0.549 e. The van der Waals surface area contributed by atoms with Crippen LogP contribution in [0.15, 0.2) is 0 Å². The minimum atomic E-state index is -1.27. The second-order valence-corrected chi connectivity index (χ2v) is 3.78. The summed E-state index contributed by atoms with van der Waals surface area (Å²) in [5, 5.41) is 34.1. The molecule has 0 bridgehead atoms. The molecule has 0 aromatic rings. The molecule has 0 rings (SSSR count). The summed E-state index contributed by atoms with van der Waals surface area (Å²) in [4.78, 5) is 40.9. The zero-order chi connectivity index (χ0) is 18.9. The molecule has 2 atom stereocenters. The number of carbonyl (C=O) groups is 4. The number of carbonyl (C=O) groups excluding carboxylic acids is 4. The van der Waals surface area contributed by atoms with E-state index >= 15 is 0 Å². The molecule has 0 aromatic carbocycles. The average Bonchev–Trinajstić information content (AvgIpc) is 2.43. The van der Waals surface area contributed by atoms with Gasteiger partial charge in [0.1, 0.15) is 11.6 Å². The van der Waals surface area contributed by atoms with E-state index in [1.807, 2.05) is 0 Å². The standard InChI is InChI=1S/2C6H10O3.2CH4O.Ti/c2*1-3-5(4(2)7)6(8)9;2*1-2;/h2*5H,3H2,1-2H3,(H,8,9);2*2H,1H3;/q;;;;+2/p-2. The van der Waals surface area contributed by atoms with Crippen LogP contribution in [0, 0.1) is 11.8 Å². The number of carboxylic acids is 2. The van der Waals surface area contributed by atoms with Gasteiger partial charge in [0.2, 0.25) is 0 Å². The Morgan fingerprint density at radius 2 is 0.913 bits per heavy atom. The van der Waals surface area contributed by atoms with Crippen molar-refractivity contribution in [3.8, 4) is 0 Å². The van der Waals surface area contributed by atoms with Crippen molar-refractivity contribution < 1.29 is 61.3 Å². The van der Waals surface area contributed by atoms with Crippen LogP contribution in [0.3, 0.4) is 0 Å². The third-order valence-corrected chi connectivity index (χ3v) is 2.37. The Labute approximate surface area is 151 Å². The SMILES string of the molecule is CCC(C(C)=O)C(=O)[O-].CCC(C(C)=O)C(=O)[O-].CO.CO.[Ti+2]. The molecule has 2 unspecified atom stereocenters. The minimum Gasteiger partial charge on any atom is -0.549 e. The number of ketones is 2. The summed E-state index contributed by atoms with van der Waals surface area (Å²) in [5.74, 6) is -5.04. The largest absolute Gasteiger partial charge is 2.00 e. The molecule has 0 aromatic heterocycles. The van der Waals surface area contributed by atoms with E-state index in [-0.39, 0.29) is 33.3 Å². The molecule has 0 radical (unpaired) electrons. The van der Waals surface area contributed by atoms with Crippen LogP contribution in [0.25, 0.3) is 0 Å². The second kappa shape index (κ2) is 23.2. The van der Waals surface area contributed by atoms with E-state index in [0.29, 0.717) is 12.8 Å². The zero-order valence-corrected chi connectivity index (χ0v) is 16.0. The van der Waals surface area contributed by atoms with Gasteiger partial charge >= 0.3 is 21.7 Å². The molecule has 8 nitrogen and oxygen atoms in total. The molecule has 9 heteroatoms. The Balaban J connectivity index is -0.0000000743. The van der Waals surface area contributed by atoms with Crippen LogP contribution in [0.2, 0.25) is 0 Å². The Bertz CT molecular complexity index is 271. The van der Waals surface area contributed by atoms with E-state index in [2.05, 4.69) is 0 Å². The first-order valence-electron chi connectivity index (χ1n) is 6.50. The second-order valence-electron chi connectivity index (χ2n) is 3.78. The quantitative estimate of drug-likeness (QED) is 0.399. The van der Waals surface area contributed by atoms with Crippen molar-refractivity contribution in [1.29, 1.82) is 0 Å². The molecule has 0 amide bonds. The zero-order valence-electron chi connectivity index (χ0n) is 14.4. The van der Waals surface area contributed by atoms with Crippen LogP contribution in [-0.4, -0.2) is 47.9 Å². The molecule has 0 saturated carbocycles. The van der Waals surface area contributed by atoms with Crippen molar-refractivity contribution in [2.75, 3.05) is 14.2 Å². The van der Waals surface area contributed by atoms with Gasteiger partial charge in [-0.05, 0) is 26.7 Å². The maximum Gasteiger partial charge on any atom is 2.00 e. The first-order valence-corrected chi connectivity index (χ1v) is 6.50. The summed E-state index contributed by atoms with van der Waals surface area (Å²) in [6, 6.07) is 0. The van der Waals surface area contributed by atoms with E-state index in [1.54, 1.807) is 13.8 Å². The topological polar surface area (TPSA) is 155 Å². The molecule has 0 heterocycles. The number of aliphatic carboxylic acids is 2. The van der Waals surface area contributed by atoms with Gasteiger partial charge in [0.05, 0.1) is 23.8 Å². The van der Waals surface area contributed by atoms with Crippen LogP contribution in [-0.2, 0) is 40.9 Å². The van der Waals surface area contributed by atoms with Crippen LogP contribution in [0.5, 0.6) is 0 Å². The predicted molar refractivity (Wildman–Crippen MR) is 75.2 cm³/mol. The number of rotatable bonds is 6. The minimum absolute atomic E-state index is 0. The number of hydrogen-bond donors (Lipinski definition) is 2. The predicted octanol–water partition coefficient (Wildman–Crippen LogP) is -2.08. The van der Waals surface area contributed by atoms with Crippen molar-refractivity contribution in [1.82, 2.24) is 0 Å². The molecule has 0 aliphatic carbocycles. The summed E-state index contributed by atoms with van der Waals surface area (Å²) in [6.45, 7) is 5.79. The molecule has 2 N–H and O–H groups in total. The van der Waals surface area contributed by atoms with E-state index in [4.69, 9.17) is 10.2 Å². The van der Waals surface area contributed by atoms with Crippen molar-refractivity contribution >= 4 is 23.5 Å². The van der Waals surface area contributed by atoms with Crippen LogP contribution in [0.1, 0.15) is 40.5 Å². The van der Waals surface area contributed by atoms with Crippen LogP contribution < -0.4 is 10.2 Å². The third kappa shape index (κ3) is 20.9. The van der Waals surface area contributed by atoms with Gasteiger partial charge < -0.3 is 30.0 Å². The van der Waals surface area contributed by atoms with E-state index in [1.165, 1.54) is 13.8 Å². The van der Waals surface area contributed by atoms with Crippen molar-refractivity contribution in [2.45, 2.75) is 40.5 Å². The Morgan fingerprint density at radius 3 is 0.913 bits per heavy atom. The van der Waals surface area contributed by atoms with Crippen molar-refractivity contribution in [2.24, 2.45) is 11.8 Å². The van der Waals surface area contributed by atoms with Crippen LogP contribution in [0.4, 0.5) is 0 Å². The molecule has 0 aliphatic rings. The Morgan fingerprint density at radius 1 is 0.739 bits per heavy atom. The normalized spacial score (nSPS) is 10.4. The van der Waals surface area contributed by atoms with Gasteiger partial charge in [-0.1, -0.05) is 13.8 Å². The van der Waals surface area contributed by atoms with Gasteiger partial charge in [-0.3, -0.25) is 9.59 Å². The maximum atomic E-state index is 10.4. The van der Waals surface area contributed by atoms with E-state index in [9.17, 15) is 29.4 Å². The average molecular weight is 370 g/mol. The van der Waals surface area contributed by atoms with Gasteiger partial charge in [-0.2, -0.15) is 0 Å². The van der Waals surface area contributed by atoms with Gasteiger partial charge in [0.25, 0.3) is 0 Å². The molecule has 0 fully saturated rings. The number of hydrogen-bond acceptors (Lipinski definition) is 8. The molecule has 0 saturated heterocycles. The number of aliphatic hydroxyl groups excluding tert-OH is 2.